The fourth-order valence-corrected chi connectivity index (χ4v) is 4.56. The second-order valence-electron chi connectivity index (χ2n) is 8.98. The standard InChI is InChI=1S/C31H28N2O3/c1-32(20-23-7-4-11-29(17-23)36-2)28-10-5-8-25(18-28)26-13-12-24-14-15-33(30(24)19-26)21-22-6-3-9-27(16-22)31(34)35/h3-19H,20-21H2,1-2H3,(H,34,35). The number of anilines is 1. The summed E-state index contributed by atoms with van der Waals surface area (Å²) in [6.45, 7) is 1.38. The minimum atomic E-state index is -0.909. The van der Waals surface area contributed by atoms with Gasteiger partial charge in [-0.05, 0) is 76.2 Å². The van der Waals surface area contributed by atoms with E-state index in [1.54, 1.807) is 25.3 Å². The van der Waals surface area contributed by atoms with Gasteiger partial charge >= 0.3 is 5.97 Å². The van der Waals surface area contributed by atoms with Gasteiger partial charge < -0.3 is 19.3 Å². The highest BCUT2D eigenvalue weighted by Crippen LogP contribution is 2.29. The van der Waals surface area contributed by atoms with E-state index < -0.39 is 5.97 Å². The Labute approximate surface area is 210 Å². The van der Waals surface area contributed by atoms with Crippen LogP contribution in [0.4, 0.5) is 5.69 Å². The molecule has 0 fully saturated rings. The van der Waals surface area contributed by atoms with Crippen molar-refractivity contribution >= 4 is 22.6 Å². The first-order valence-electron chi connectivity index (χ1n) is 11.9. The van der Waals surface area contributed by atoms with Crippen molar-refractivity contribution in [2.24, 2.45) is 0 Å². The zero-order valence-electron chi connectivity index (χ0n) is 20.4. The molecule has 0 aliphatic rings. The summed E-state index contributed by atoms with van der Waals surface area (Å²) in [6.07, 6.45) is 2.06. The number of rotatable bonds is 8. The van der Waals surface area contributed by atoms with E-state index in [4.69, 9.17) is 4.74 Å². The molecule has 0 saturated carbocycles. The van der Waals surface area contributed by atoms with Gasteiger partial charge in [0, 0.05) is 37.5 Å². The first-order valence-corrected chi connectivity index (χ1v) is 11.9. The summed E-state index contributed by atoms with van der Waals surface area (Å²) in [7, 11) is 3.78. The number of benzene rings is 4. The second-order valence-corrected chi connectivity index (χ2v) is 8.98. The summed E-state index contributed by atoms with van der Waals surface area (Å²) < 4.78 is 7.53. The molecular formula is C31H28N2O3. The predicted molar refractivity (Wildman–Crippen MR) is 145 cm³/mol. The Hall–Kier alpha value is -4.51. The second kappa shape index (κ2) is 10.0. The highest BCUT2D eigenvalue weighted by atomic mass is 16.5. The highest BCUT2D eigenvalue weighted by molar-refractivity contribution is 5.88. The molecule has 36 heavy (non-hydrogen) atoms. The Morgan fingerprint density at radius 1 is 0.861 bits per heavy atom. The molecule has 1 heterocycles. The first-order chi connectivity index (χ1) is 17.5. The number of fused-ring (bicyclic) bond motifs is 1. The summed E-state index contributed by atoms with van der Waals surface area (Å²) in [5.41, 5.74) is 6.98. The molecule has 5 aromatic rings. The topological polar surface area (TPSA) is 54.7 Å². The molecule has 0 bridgehead atoms. The van der Waals surface area contributed by atoms with Crippen molar-refractivity contribution in [1.82, 2.24) is 4.57 Å². The lowest BCUT2D eigenvalue weighted by molar-refractivity contribution is 0.0696. The van der Waals surface area contributed by atoms with Crippen molar-refractivity contribution < 1.29 is 14.6 Å². The largest absolute Gasteiger partial charge is 0.497 e. The summed E-state index contributed by atoms with van der Waals surface area (Å²) in [4.78, 5) is 13.6. The van der Waals surface area contributed by atoms with Crippen LogP contribution in [0.2, 0.25) is 0 Å². The van der Waals surface area contributed by atoms with E-state index >= 15 is 0 Å². The number of aromatic carboxylic acids is 1. The van der Waals surface area contributed by atoms with E-state index in [0.29, 0.717) is 12.1 Å². The Kier molecular flexibility index (Phi) is 6.46. The SMILES string of the molecule is COc1cccc(CN(C)c2cccc(-c3ccc4ccn(Cc5cccc(C(=O)O)c5)c4c3)c2)c1. The van der Waals surface area contributed by atoms with Gasteiger partial charge in [-0.15, -0.1) is 0 Å². The third kappa shape index (κ3) is 4.96. The van der Waals surface area contributed by atoms with Crippen LogP contribution >= 0.6 is 0 Å². The quantitative estimate of drug-likeness (QED) is 0.271. The summed E-state index contributed by atoms with van der Waals surface area (Å²) in [5, 5.41) is 10.5. The monoisotopic (exact) mass is 476 g/mol. The van der Waals surface area contributed by atoms with Gasteiger partial charge in [-0.3, -0.25) is 0 Å². The average Bonchev–Trinajstić information content (AvgIpc) is 3.30. The zero-order valence-corrected chi connectivity index (χ0v) is 20.4. The molecule has 180 valence electrons. The molecule has 0 saturated heterocycles. The van der Waals surface area contributed by atoms with Gasteiger partial charge in [-0.25, -0.2) is 4.79 Å². The minimum absolute atomic E-state index is 0.305. The molecule has 0 unspecified atom stereocenters. The Bertz CT molecular complexity index is 1540. The Balaban J connectivity index is 1.41. The van der Waals surface area contributed by atoms with Crippen LogP contribution in [0.15, 0.2) is 103 Å². The van der Waals surface area contributed by atoms with Gasteiger partial charge in [0.25, 0.3) is 0 Å². The molecule has 1 aromatic heterocycles. The molecular weight excluding hydrogens is 448 g/mol. The number of carboxylic acids is 1. The van der Waals surface area contributed by atoms with Crippen LogP contribution in [0.25, 0.3) is 22.0 Å². The number of hydrogen-bond acceptors (Lipinski definition) is 3. The van der Waals surface area contributed by atoms with Crippen molar-refractivity contribution in [1.29, 1.82) is 0 Å². The van der Waals surface area contributed by atoms with Crippen molar-refractivity contribution in [3.63, 3.8) is 0 Å². The van der Waals surface area contributed by atoms with Crippen LogP contribution in [0.1, 0.15) is 21.5 Å². The van der Waals surface area contributed by atoms with Crippen molar-refractivity contribution in [2.45, 2.75) is 13.1 Å². The van der Waals surface area contributed by atoms with Gasteiger partial charge in [0.05, 0.1) is 12.7 Å². The van der Waals surface area contributed by atoms with Gasteiger partial charge in [-0.2, -0.15) is 0 Å². The van der Waals surface area contributed by atoms with Gasteiger partial charge in [0.2, 0.25) is 0 Å². The van der Waals surface area contributed by atoms with E-state index in [0.717, 1.165) is 45.6 Å². The van der Waals surface area contributed by atoms with E-state index in [2.05, 4.69) is 83.4 Å². The lowest BCUT2D eigenvalue weighted by atomic mass is 10.0. The predicted octanol–water partition coefficient (Wildman–Crippen LogP) is 6.70. The van der Waals surface area contributed by atoms with Crippen LogP contribution < -0.4 is 9.64 Å². The van der Waals surface area contributed by atoms with E-state index in [9.17, 15) is 9.90 Å². The third-order valence-electron chi connectivity index (χ3n) is 6.47. The molecule has 0 amide bonds. The number of nitrogens with zero attached hydrogens (tertiary/aromatic N) is 2. The molecule has 0 aliphatic heterocycles. The fraction of sp³-hybridized carbons (Fsp3) is 0.129. The fourth-order valence-electron chi connectivity index (χ4n) is 4.56. The van der Waals surface area contributed by atoms with Crippen LogP contribution in [0.3, 0.4) is 0 Å². The number of ether oxygens (including phenoxy) is 1. The van der Waals surface area contributed by atoms with Crippen LogP contribution in [-0.2, 0) is 13.1 Å². The van der Waals surface area contributed by atoms with Gasteiger partial charge in [0.1, 0.15) is 5.75 Å². The van der Waals surface area contributed by atoms with Crippen molar-refractivity contribution in [3.05, 3.63) is 120 Å². The van der Waals surface area contributed by atoms with Gasteiger partial charge in [-0.1, -0.05) is 48.5 Å². The van der Waals surface area contributed by atoms with E-state index in [1.165, 1.54) is 5.56 Å². The maximum atomic E-state index is 11.4. The Morgan fingerprint density at radius 2 is 1.64 bits per heavy atom. The normalized spacial score (nSPS) is 10.9. The minimum Gasteiger partial charge on any atom is -0.497 e. The lowest BCUT2D eigenvalue weighted by Gasteiger charge is -2.20. The molecule has 5 nitrogen and oxygen atoms in total. The molecule has 0 radical (unpaired) electrons. The van der Waals surface area contributed by atoms with E-state index in [1.807, 2.05) is 18.2 Å². The highest BCUT2D eigenvalue weighted by Gasteiger charge is 2.09. The maximum Gasteiger partial charge on any atom is 0.335 e. The van der Waals surface area contributed by atoms with Crippen LogP contribution in [0, 0.1) is 0 Å². The van der Waals surface area contributed by atoms with E-state index in [-0.39, 0.29) is 0 Å². The zero-order chi connectivity index (χ0) is 25.1. The molecule has 1 N–H and O–H groups in total. The number of carboxylic acid groups (broad SMARTS) is 1. The number of hydrogen-bond donors (Lipinski definition) is 1. The van der Waals surface area contributed by atoms with Crippen molar-refractivity contribution in [3.8, 4) is 16.9 Å². The van der Waals surface area contributed by atoms with Gasteiger partial charge in [0.15, 0.2) is 0 Å². The number of carbonyl (C=O) groups is 1. The molecule has 0 atom stereocenters. The maximum absolute atomic E-state index is 11.4. The molecule has 5 heteroatoms. The smallest absolute Gasteiger partial charge is 0.335 e. The molecule has 0 aliphatic carbocycles. The number of methoxy groups -OCH3 is 1. The van der Waals surface area contributed by atoms with Crippen LogP contribution in [-0.4, -0.2) is 29.8 Å². The molecule has 5 rings (SSSR count). The first kappa shape index (κ1) is 23.2. The summed E-state index contributed by atoms with van der Waals surface area (Å²) in [5.74, 6) is -0.0478. The molecule has 4 aromatic carbocycles. The van der Waals surface area contributed by atoms with Crippen molar-refractivity contribution in [2.75, 3.05) is 19.1 Å². The average molecular weight is 477 g/mol. The summed E-state index contributed by atoms with van der Waals surface area (Å²) >= 11 is 0. The third-order valence-corrected chi connectivity index (χ3v) is 6.47. The lowest BCUT2D eigenvalue weighted by Crippen LogP contribution is -2.16. The Morgan fingerprint density at radius 3 is 2.47 bits per heavy atom. The van der Waals surface area contributed by atoms with Crippen LogP contribution in [0.5, 0.6) is 5.75 Å². The molecule has 0 spiro atoms. The summed E-state index contributed by atoms with van der Waals surface area (Å²) in [6, 6.07) is 32.4. The number of aromatic nitrogens is 1.